The second-order valence-corrected chi connectivity index (χ2v) is 3.15. The van der Waals surface area contributed by atoms with E-state index in [-0.39, 0.29) is 0 Å². The van der Waals surface area contributed by atoms with E-state index in [0.717, 1.165) is 18.8 Å². The van der Waals surface area contributed by atoms with Crippen LogP contribution in [-0.2, 0) is 4.84 Å². The third-order valence-corrected chi connectivity index (χ3v) is 1.57. The average Bonchev–Trinajstić information content (AvgIpc) is 1.96. The molecule has 0 heterocycles. The molecule has 0 atom stereocenters. The Bertz CT molecular complexity index is 94.1. The van der Waals surface area contributed by atoms with Crippen LogP contribution in [0.15, 0.2) is 5.34 Å². The van der Waals surface area contributed by atoms with Gasteiger partial charge < -0.3 is 4.84 Å². The topological polar surface area (TPSA) is 38.7 Å². The predicted octanol–water partition coefficient (Wildman–Crippen LogP) is 2.90. The number of rotatable bonds is 7. The van der Waals surface area contributed by atoms with E-state index in [0.29, 0.717) is 6.61 Å². The fourth-order valence-corrected chi connectivity index (χ4v) is 0.933. The molecule has 0 spiro atoms. The van der Waals surface area contributed by atoms with Gasteiger partial charge in [0.2, 0.25) is 0 Å². The Morgan fingerprint density at radius 1 is 1.27 bits per heavy atom. The molecule has 11 heavy (non-hydrogen) atoms. The lowest BCUT2D eigenvalue weighted by Gasteiger charge is -2.02. The summed E-state index contributed by atoms with van der Waals surface area (Å²) in [6, 6.07) is 0. The third kappa shape index (κ3) is 9.40. The molecule has 0 rings (SSSR count). The fraction of sp³-hybridized carbons (Fsp3) is 1.00. The second kappa shape index (κ2) is 7.51. The standard InChI is InChI=1S/C8H17NO2/c1-8(2)6-4-3-5-7-11-9-10/h8H,3-7H2,1-2H3. The van der Waals surface area contributed by atoms with Crippen molar-refractivity contribution in [3.05, 3.63) is 4.91 Å². The predicted molar refractivity (Wildman–Crippen MR) is 45.1 cm³/mol. The van der Waals surface area contributed by atoms with Crippen LogP contribution in [-0.4, -0.2) is 6.61 Å². The molecule has 0 aromatic carbocycles. The van der Waals surface area contributed by atoms with Crippen molar-refractivity contribution in [2.45, 2.75) is 39.5 Å². The Hall–Kier alpha value is -0.600. The molecule has 0 fully saturated rings. The maximum atomic E-state index is 9.47. The summed E-state index contributed by atoms with van der Waals surface area (Å²) in [6.45, 7) is 4.90. The first kappa shape index (κ1) is 10.4. The maximum absolute atomic E-state index is 9.47. The molecule has 66 valence electrons. The molecule has 0 aromatic heterocycles. The van der Waals surface area contributed by atoms with E-state index in [1.807, 2.05) is 0 Å². The minimum atomic E-state index is 0.474. The summed E-state index contributed by atoms with van der Waals surface area (Å²) in [7, 11) is 0. The van der Waals surface area contributed by atoms with Crippen molar-refractivity contribution in [1.82, 2.24) is 0 Å². The van der Waals surface area contributed by atoms with E-state index in [4.69, 9.17) is 0 Å². The second-order valence-electron chi connectivity index (χ2n) is 3.15. The highest BCUT2D eigenvalue weighted by molar-refractivity contribution is 4.46. The van der Waals surface area contributed by atoms with Crippen molar-refractivity contribution in [2.75, 3.05) is 6.61 Å². The summed E-state index contributed by atoms with van der Waals surface area (Å²) in [5.41, 5.74) is 0. The van der Waals surface area contributed by atoms with E-state index >= 15 is 0 Å². The molecule has 0 saturated heterocycles. The molecule has 0 N–H and O–H groups in total. The van der Waals surface area contributed by atoms with Gasteiger partial charge in [0.1, 0.15) is 6.61 Å². The lowest BCUT2D eigenvalue weighted by atomic mass is 10.1. The largest absolute Gasteiger partial charge is 0.364 e. The summed E-state index contributed by atoms with van der Waals surface area (Å²) in [5.74, 6) is 0.778. The molecular weight excluding hydrogens is 142 g/mol. The van der Waals surface area contributed by atoms with Gasteiger partial charge in [-0.2, -0.15) is 0 Å². The van der Waals surface area contributed by atoms with Crippen molar-refractivity contribution in [3.63, 3.8) is 0 Å². The van der Waals surface area contributed by atoms with Crippen LogP contribution in [0.5, 0.6) is 0 Å². The van der Waals surface area contributed by atoms with Gasteiger partial charge in [-0.1, -0.05) is 26.7 Å². The maximum Gasteiger partial charge on any atom is 0.155 e. The zero-order chi connectivity index (χ0) is 8.53. The van der Waals surface area contributed by atoms with E-state index in [2.05, 4.69) is 24.0 Å². The van der Waals surface area contributed by atoms with Crippen LogP contribution in [0.25, 0.3) is 0 Å². The molecular formula is C8H17NO2. The van der Waals surface area contributed by atoms with E-state index in [1.165, 1.54) is 12.8 Å². The van der Waals surface area contributed by atoms with Gasteiger partial charge in [-0.3, -0.25) is 0 Å². The van der Waals surface area contributed by atoms with Crippen molar-refractivity contribution in [2.24, 2.45) is 11.3 Å². The summed E-state index contributed by atoms with van der Waals surface area (Å²) in [5, 5.41) is 2.32. The molecule has 0 radical (unpaired) electrons. The molecule has 0 aromatic rings. The number of nitrogens with zero attached hydrogens (tertiary/aromatic N) is 1. The van der Waals surface area contributed by atoms with Crippen LogP contribution in [0, 0.1) is 10.8 Å². The Balaban J connectivity index is 2.85. The monoisotopic (exact) mass is 159 g/mol. The number of hydrogen-bond donors (Lipinski definition) is 0. The van der Waals surface area contributed by atoms with Gasteiger partial charge in [-0.05, 0) is 18.8 Å². The first-order chi connectivity index (χ1) is 5.27. The Morgan fingerprint density at radius 3 is 2.55 bits per heavy atom. The van der Waals surface area contributed by atoms with Crippen molar-refractivity contribution in [3.8, 4) is 0 Å². The normalized spacial score (nSPS) is 10.1. The van der Waals surface area contributed by atoms with Crippen molar-refractivity contribution < 1.29 is 4.84 Å². The van der Waals surface area contributed by atoms with Crippen LogP contribution in [0.1, 0.15) is 39.5 Å². The third-order valence-electron chi connectivity index (χ3n) is 1.57. The molecule has 0 bridgehead atoms. The van der Waals surface area contributed by atoms with Gasteiger partial charge in [0, 0.05) is 0 Å². The number of hydrogen-bond acceptors (Lipinski definition) is 3. The van der Waals surface area contributed by atoms with E-state index in [1.54, 1.807) is 0 Å². The van der Waals surface area contributed by atoms with Crippen LogP contribution in [0.3, 0.4) is 0 Å². The molecule has 0 aliphatic heterocycles. The van der Waals surface area contributed by atoms with Crippen LogP contribution >= 0.6 is 0 Å². The quantitative estimate of drug-likeness (QED) is 0.325. The molecule has 0 amide bonds. The van der Waals surface area contributed by atoms with Gasteiger partial charge >= 0.3 is 0 Å². The SMILES string of the molecule is CC(C)CCCCCON=O. The van der Waals surface area contributed by atoms with Gasteiger partial charge in [-0.25, -0.2) is 0 Å². The van der Waals surface area contributed by atoms with Crippen LogP contribution in [0.2, 0.25) is 0 Å². The minimum Gasteiger partial charge on any atom is -0.364 e. The first-order valence-corrected chi connectivity index (χ1v) is 4.22. The minimum absolute atomic E-state index is 0.474. The summed E-state index contributed by atoms with van der Waals surface area (Å²) >= 11 is 0. The Kier molecular flexibility index (Phi) is 7.10. The molecule has 3 heteroatoms. The smallest absolute Gasteiger partial charge is 0.155 e. The summed E-state index contributed by atoms with van der Waals surface area (Å²) in [4.78, 5) is 13.8. The van der Waals surface area contributed by atoms with Crippen LogP contribution < -0.4 is 0 Å². The van der Waals surface area contributed by atoms with Crippen molar-refractivity contribution in [1.29, 1.82) is 0 Å². The van der Waals surface area contributed by atoms with Gasteiger partial charge in [0.05, 0.1) is 0 Å². The van der Waals surface area contributed by atoms with Gasteiger partial charge in [0.15, 0.2) is 5.34 Å². The summed E-state index contributed by atoms with van der Waals surface area (Å²) in [6.07, 6.45) is 4.56. The lowest BCUT2D eigenvalue weighted by Crippen LogP contribution is -1.90. The molecule has 0 aliphatic carbocycles. The first-order valence-electron chi connectivity index (χ1n) is 4.22. The number of unbranched alkanes of at least 4 members (excludes halogenated alkanes) is 2. The molecule has 0 unspecified atom stereocenters. The van der Waals surface area contributed by atoms with Crippen molar-refractivity contribution >= 4 is 0 Å². The highest BCUT2D eigenvalue weighted by Gasteiger charge is 1.93. The fourth-order valence-electron chi connectivity index (χ4n) is 0.933. The highest BCUT2D eigenvalue weighted by atomic mass is 16.7. The Labute approximate surface area is 68.1 Å². The zero-order valence-electron chi connectivity index (χ0n) is 7.38. The van der Waals surface area contributed by atoms with E-state index < -0.39 is 0 Å². The van der Waals surface area contributed by atoms with Gasteiger partial charge in [0.25, 0.3) is 0 Å². The molecule has 0 saturated carbocycles. The van der Waals surface area contributed by atoms with Crippen LogP contribution in [0.4, 0.5) is 0 Å². The van der Waals surface area contributed by atoms with Gasteiger partial charge in [-0.15, -0.1) is 4.91 Å². The molecule has 0 aliphatic rings. The zero-order valence-corrected chi connectivity index (χ0v) is 7.38. The average molecular weight is 159 g/mol. The molecule has 3 nitrogen and oxygen atoms in total. The van der Waals surface area contributed by atoms with E-state index in [9.17, 15) is 4.91 Å². The highest BCUT2D eigenvalue weighted by Crippen LogP contribution is 2.07. The summed E-state index contributed by atoms with van der Waals surface area (Å²) < 4.78 is 0. The lowest BCUT2D eigenvalue weighted by molar-refractivity contribution is 0.135. The Morgan fingerprint density at radius 2 is 2.00 bits per heavy atom.